The molecule has 1 rings (SSSR count). The average molecular weight is 278 g/mol. The van der Waals surface area contributed by atoms with Crippen molar-refractivity contribution in [1.82, 2.24) is 5.32 Å². The van der Waals surface area contributed by atoms with Crippen LogP contribution < -0.4 is 10.6 Å². The van der Waals surface area contributed by atoms with E-state index in [1.54, 1.807) is 0 Å². The van der Waals surface area contributed by atoms with Crippen LogP contribution in [0.4, 0.5) is 5.69 Å². The number of rotatable bonds is 6. The average Bonchev–Trinajstić information content (AvgIpc) is 2.28. The molecular weight excluding hydrogens is 252 g/mol. The van der Waals surface area contributed by atoms with Crippen molar-refractivity contribution in [3.8, 4) is 0 Å². The number of aliphatic hydroxyl groups is 1. The molecule has 0 aromatic heterocycles. The van der Waals surface area contributed by atoms with Crippen LogP contribution in [0.5, 0.6) is 0 Å². The van der Waals surface area contributed by atoms with Crippen molar-refractivity contribution < 1.29 is 9.90 Å². The van der Waals surface area contributed by atoms with E-state index in [0.717, 1.165) is 17.7 Å². The van der Waals surface area contributed by atoms with Gasteiger partial charge in [0.1, 0.15) is 0 Å². The Morgan fingerprint density at radius 3 is 2.55 bits per heavy atom. The van der Waals surface area contributed by atoms with Gasteiger partial charge in [-0.15, -0.1) is 0 Å². The molecule has 0 bridgehead atoms. The van der Waals surface area contributed by atoms with Gasteiger partial charge in [0, 0.05) is 25.7 Å². The number of hydrogen-bond donors (Lipinski definition) is 3. The fourth-order valence-corrected chi connectivity index (χ4v) is 2.14. The van der Waals surface area contributed by atoms with Gasteiger partial charge in [-0.05, 0) is 23.5 Å². The number of anilines is 1. The summed E-state index contributed by atoms with van der Waals surface area (Å²) in [5.41, 5.74) is 1.96. The van der Waals surface area contributed by atoms with E-state index in [-0.39, 0.29) is 17.4 Å². The molecule has 1 aromatic rings. The smallest absolute Gasteiger partial charge is 0.221 e. The number of hydrogen-bond acceptors (Lipinski definition) is 3. The van der Waals surface area contributed by atoms with Crippen LogP contribution in [0.15, 0.2) is 24.3 Å². The molecule has 0 fully saturated rings. The van der Waals surface area contributed by atoms with E-state index in [0.29, 0.717) is 13.1 Å². The Hall–Kier alpha value is -1.39. The van der Waals surface area contributed by atoms with Crippen LogP contribution in [0.1, 0.15) is 39.7 Å². The molecule has 3 N–H and O–H groups in total. The molecule has 4 nitrogen and oxygen atoms in total. The first kappa shape index (κ1) is 16.7. The molecule has 0 aliphatic heterocycles. The van der Waals surface area contributed by atoms with Gasteiger partial charge in [0.05, 0.1) is 6.10 Å². The van der Waals surface area contributed by atoms with Crippen molar-refractivity contribution in [1.29, 1.82) is 0 Å². The standard InChI is InChI=1S/C16H26N2O2/c1-12(19)18-15-8-6-5-7-13(15)10-17-11-14(20)9-16(2,3)4/h5-8,14,17,20H,9-11H2,1-4H3,(H,18,19). The maximum atomic E-state index is 11.1. The molecule has 112 valence electrons. The number of para-hydroxylation sites is 1. The van der Waals surface area contributed by atoms with Gasteiger partial charge < -0.3 is 15.7 Å². The first-order valence-electron chi connectivity index (χ1n) is 7.02. The van der Waals surface area contributed by atoms with E-state index in [2.05, 4.69) is 31.4 Å². The number of carbonyl (C=O) groups is 1. The zero-order chi connectivity index (χ0) is 15.2. The van der Waals surface area contributed by atoms with Crippen LogP contribution in [0, 0.1) is 5.41 Å². The lowest BCUT2D eigenvalue weighted by Gasteiger charge is -2.22. The minimum absolute atomic E-state index is 0.0785. The highest BCUT2D eigenvalue weighted by atomic mass is 16.3. The molecule has 1 amide bonds. The van der Waals surface area contributed by atoms with E-state index in [4.69, 9.17) is 0 Å². The van der Waals surface area contributed by atoms with Gasteiger partial charge in [-0.3, -0.25) is 4.79 Å². The van der Waals surface area contributed by atoms with Crippen LogP contribution in [0.3, 0.4) is 0 Å². The lowest BCUT2D eigenvalue weighted by atomic mass is 9.89. The summed E-state index contributed by atoms with van der Waals surface area (Å²) in [5, 5.41) is 16.0. The third-order valence-electron chi connectivity index (χ3n) is 2.87. The maximum Gasteiger partial charge on any atom is 0.221 e. The number of nitrogens with one attached hydrogen (secondary N) is 2. The summed E-state index contributed by atoms with van der Waals surface area (Å²) in [5.74, 6) is -0.0785. The molecule has 4 heteroatoms. The number of amides is 1. The second-order valence-corrected chi connectivity index (χ2v) is 6.39. The molecule has 0 saturated carbocycles. The van der Waals surface area contributed by atoms with Crippen LogP contribution in [0.25, 0.3) is 0 Å². The monoisotopic (exact) mass is 278 g/mol. The van der Waals surface area contributed by atoms with Crippen molar-refractivity contribution in [3.05, 3.63) is 29.8 Å². The summed E-state index contributed by atoms with van der Waals surface area (Å²) in [6.07, 6.45) is 0.399. The third kappa shape index (κ3) is 6.68. The normalized spacial score (nSPS) is 13.1. The van der Waals surface area contributed by atoms with Crippen molar-refractivity contribution in [3.63, 3.8) is 0 Å². The summed E-state index contributed by atoms with van der Waals surface area (Å²) in [6, 6.07) is 7.68. The summed E-state index contributed by atoms with van der Waals surface area (Å²) < 4.78 is 0. The highest BCUT2D eigenvalue weighted by molar-refractivity contribution is 5.89. The maximum absolute atomic E-state index is 11.1. The largest absolute Gasteiger partial charge is 0.392 e. The van der Waals surface area contributed by atoms with E-state index >= 15 is 0 Å². The molecular formula is C16H26N2O2. The fraction of sp³-hybridized carbons (Fsp3) is 0.562. The molecule has 0 radical (unpaired) electrons. The lowest BCUT2D eigenvalue weighted by molar-refractivity contribution is -0.114. The van der Waals surface area contributed by atoms with E-state index < -0.39 is 0 Å². The second-order valence-electron chi connectivity index (χ2n) is 6.39. The Labute approximate surface area is 121 Å². The molecule has 0 heterocycles. The number of aliphatic hydroxyl groups excluding tert-OH is 1. The highest BCUT2D eigenvalue weighted by Crippen LogP contribution is 2.20. The van der Waals surface area contributed by atoms with Crippen LogP contribution in [-0.4, -0.2) is 23.7 Å². The second kappa shape index (κ2) is 7.41. The molecule has 0 aliphatic rings. The first-order valence-corrected chi connectivity index (χ1v) is 7.02. The topological polar surface area (TPSA) is 61.4 Å². The van der Waals surface area contributed by atoms with E-state index in [1.165, 1.54) is 6.92 Å². The number of carbonyl (C=O) groups excluding carboxylic acids is 1. The summed E-state index contributed by atoms with van der Waals surface area (Å²) in [4.78, 5) is 11.1. The van der Waals surface area contributed by atoms with Crippen LogP contribution in [0.2, 0.25) is 0 Å². The molecule has 0 saturated heterocycles. The predicted molar refractivity (Wildman–Crippen MR) is 82.5 cm³/mol. The first-order chi connectivity index (χ1) is 9.28. The van der Waals surface area contributed by atoms with Gasteiger partial charge in [-0.1, -0.05) is 39.0 Å². The summed E-state index contributed by atoms with van der Waals surface area (Å²) >= 11 is 0. The van der Waals surface area contributed by atoms with Crippen molar-refractivity contribution in [2.24, 2.45) is 5.41 Å². The van der Waals surface area contributed by atoms with E-state index in [1.807, 2.05) is 24.3 Å². The minimum Gasteiger partial charge on any atom is -0.392 e. The quantitative estimate of drug-likeness (QED) is 0.749. The van der Waals surface area contributed by atoms with Gasteiger partial charge in [-0.25, -0.2) is 0 Å². The Morgan fingerprint density at radius 2 is 1.95 bits per heavy atom. The predicted octanol–water partition coefficient (Wildman–Crippen LogP) is 2.53. The number of benzene rings is 1. The van der Waals surface area contributed by atoms with Crippen molar-refractivity contribution in [2.45, 2.75) is 46.8 Å². The molecule has 1 atom stereocenters. The minimum atomic E-state index is -0.358. The molecule has 1 unspecified atom stereocenters. The molecule has 0 spiro atoms. The van der Waals surface area contributed by atoms with Gasteiger partial charge in [-0.2, -0.15) is 0 Å². The Bertz CT molecular complexity index is 438. The van der Waals surface area contributed by atoms with Crippen molar-refractivity contribution in [2.75, 3.05) is 11.9 Å². The molecule has 0 aliphatic carbocycles. The Kier molecular flexibility index (Phi) is 6.17. The summed E-state index contributed by atoms with van der Waals surface area (Å²) in [7, 11) is 0. The van der Waals surface area contributed by atoms with Crippen molar-refractivity contribution >= 4 is 11.6 Å². The lowest BCUT2D eigenvalue weighted by Crippen LogP contribution is -2.30. The Morgan fingerprint density at radius 1 is 1.30 bits per heavy atom. The SMILES string of the molecule is CC(=O)Nc1ccccc1CNCC(O)CC(C)(C)C. The van der Waals surface area contributed by atoms with Gasteiger partial charge in [0.25, 0.3) is 0 Å². The van der Waals surface area contributed by atoms with Gasteiger partial charge in [0.2, 0.25) is 5.91 Å². The van der Waals surface area contributed by atoms with Gasteiger partial charge >= 0.3 is 0 Å². The Balaban J connectivity index is 2.48. The zero-order valence-corrected chi connectivity index (χ0v) is 12.9. The molecule has 20 heavy (non-hydrogen) atoms. The third-order valence-corrected chi connectivity index (χ3v) is 2.87. The fourth-order valence-electron chi connectivity index (χ4n) is 2.14. The highest BCUT2D eigenvalue weighted by Gasteiger charge is 2.16. The zero-order valence-electron chi connectivity index (χ0n) is 12.9. The van der Waals surface area contributed by atoms with Crippen LogP contribution in [-0.2, 0) is 11.3 Å². The van der Waals surface area contributed by atoms with Gasteiger partial charge in [0.15, 0.2) is 0 Å². The van der Waals surface area contributed by atoms with Crippen LogP contribution >= 0.6 is 0 Å². The van der Waals surface area contributed by atoms with E-state index in [9.17, 15) is 9.90 Å². The summed E-state index contributed by atoms with van der Waals surface area (Å²) in [6.45, 7) is 9.01. The molecule has 1 aromatic carbocycles.